The topological polar surface area (TPSA) is 122 Å². The van der Waals surface area contributed by atoms with Gasteiger partial charge in [0.25, 0.3) is 5.91 Å². The smallest absolute Gasteiger partial charge is 0.309 e. The molecule has 2 amide bonds. The first-order chi connectivity index (χ1) is 13.2. The summed E-state index contributed by atoms with van der Waals surface area (Å²) in [5.74, 6) is -1.99. The van der Waals surface area contributed by atoms with Crippen LogP contribution in [-0.4, -0.2) is 63.0 Å². The average Bonchev–Trinajstić information content (AvgIpc) is 2.65. The molecule has 1 aliphatic rings. The fourth-order valence-electron chi connectivity index (χ4n) is 2.66. The number of amides is 2. The number of carbonyl (C=O) groups is 3. The molecule has 2 rings (SSSR count). The Kier molecular flexibility index (Phi) is 7.96. The van der Waals surface area contributed by atoms with Crippen LogP contribution in [0.4, 0.5) is 5.69 Å². The van der Waals surface area contributed by atoms with Crippen LogP contribution in [0.1, 0.15) is 12.8 Å². The number of sulfonamides is 1. The van der Waals surface area contributed by atoms with Crippen LogP contribution in [0.15, 0.2) is 28.7 Å². The molecule has 0 bridgehead atoms. The number of carbonyl (C=O) groups excluding carboxylic acids is 3. The zero-order valence-electron chi connectivity index (χ0n) is 15.3. The molecule has 1 fully saturated rings. The molecule has 0 spiro atoms. The number of piperidine rings is 1. The van der Waals surface area contributed by atoms with E-state index in [1.54, 1.807) is 24.3 Å². The number of hydrogen-bond donors (Lipinski definition) is 2. The van der Waals surface area contributed by atoms with E-state index in [2.05, 4.69) is 26.6 Å². The Balaban J connectivity index is 1.67. The highest BCUT2D eigenvalue weighted by Gasteiger charge is 2.30. The average molecular weight is 476 g/mol. The number of anilines is 1. The highest BCUT2D eigenvalue weighted by Crippen LogP contribution is 2.21. The fourth-order valence-corrected chi connectivity index (χ4v) is 3.92. The van der Waals surface area contributed by atoms with Crippen LogP contribution in [-0.2, 0) is 29.1 Å². The van der Waals surface area contributed by atoms with Crippen molar-refractivity contribution in [2.24, 2.45) is 5.92 Å². The minimum absolute atomic E-state index is 0.250. The summed E-state index contributed by atoms with van der Waals surface area (Å²) in [6.07, 6.45) is 1.83. The predicted octanol–water partition coefficient (Wildman–Crippen LogP) is 0.719. The Labute approximate surface area is 172 Å². The van der Waals surface area contributed by atoms with Gasteiger partial charge in [-0.3, -0.25) is 14.4 Å². The molecule has 1 aromatic rings. The van der Waals surface area contributed by atoms with Crippen LogP contribution in [0.3, 0.4) is 0 Å². The normalized spacial score (nSPS) is 15.6. The molecule has 1 aliphatic heterocycles. The predicted molar refractivity (Wildman–Crippen MR) is 106 cm³/mol. The van der Waals surface area contributed by atoms with E-state index in [-0.39, 0.29) is 19.6 Å². The molecule has 154 valence electrons. The highest BCUT2D eigenvalue weighted by molar-refractivity contribution is 9.10. The zero-order valence-corrected chi connectivity index (χ0v) is 17.7. The van der Waals surface area contributed by atoms with Gasteiger partial charge in [-0.05, 0) is 40.9 Å². The maximum absolute atomic E-state index is 12.0. The van der Waals surface area contributed by atoms with E-state index in [9.17, 15) is 22.8 Å². The van der Waals surface area contributed by atoms with Crippen LogP contribution < -0.4 is 10.6 Å². The molecule has 28 heavy (non-hydrogen) atoms. The SMILES string of the molecule is CS(=O)(=O)N1CCC(C(=O)OCC(=O)NCC(=O)Nc2ccccc2Br)CC1. The Bertz CT molecular complexity index is 837. The first-order valence-electron chi connectivity index (χ1n) is 8.59. The zero-order chi connectivity index (χ0) is 20.7. The second-order valence-electron chi connectivity index (χ2n) is 6.35. The number of rotatable bonds is 7. The molecule has 0 atom stereocenters. The molecular formula is C17H22BrN3O6S. The van der Waals surface area contributed by atoms with E-state index < -0.39 is 40.3 Å². The van der Waals surface area contributed by atoms with Crippen molar-refractivity contribution in [3.8, 4) is 0 Å². The van der Waals surface area contributed by atoms with Gasteiger partial charge in [0.05, 0.1) is 24.4 Å². The number of nitrogens with one attached hydrogen (secondary N) is 2. The Morgan fingerprint density at radius 2 is 1.82 bits per heavy atom. The van der Waals surface area contributed by atoms with Gasteiger partial charge in [0.2, 0.25) is 15.9 Å². The van der Waals surface area contributed by atoms with Gasteiger partial charge >= 0.3 is 5.97 Å². The number of para-hydroxylation sites is 1. The first-order valence-corrected chi connectivity index (χ1v) is 11.2. The molecule has 9 nitrogen and oxygen atoms in total. The second kappa shape index (κ2) is 9.99. The summed E-state index contributed by atoms with van der Waals surface area (Å²) in [5.41, 5.74) is 0.577. The summed E-state index contributed by atoms with van der Waals surface area (Å²) in [6.45, 7) is -0.252. The lowest BCUT2D eigenvalue weighted by Gasteiger charge is -2.28. The van der Waals surface area contributed by atoms with Gasteiger partial charge in [-0.1, -0.05) is 12.1 Å². The van der Waals surface area contributed by atoms with Crippen molar-refractivity contribution in [2.75, 3.05) is 37.8 Å². The van der Waals surface area contributed by atoms with Crippen molar-refractivity contribution in [3.05, 3.63) is 28.7 Å². The van der Waals surface area contributed by atoms with Crippen molar-refractivity contribution in [1.29, 1.82) is 0 Å². The maximum atomic E-state index is 12.0. The lowest BCUT2D eigenvalue weighted by atomic mass is 9.98. The number of ether oxygens (including phenoxy) is 1. The van der Waals surface area contributed by atoms with Crippen LogP contribution in [0.25, 0.3) is 0 Å². The summed E-state index contributed by atoms with van der Waals surface area (Å²) in [7, 11) is -3.27. The summed E-state index contributed by atoms with van der Waals surface area (Å²) in [6, 6.07) is 7.05. The monoisotopic (exact) mass is 475 g/mol. The van der Waals surface area contributed by atoms with Gasteiger partial charge in [0, 0.05) is 17.6 Å². The molecule has 2 N–H and O–H groups in total. The van der Waals surface area contributed by atoms with Crippen molar-refractivity contribution in [3.63, 3.8) is 0 Å². The molecule has 0 aromatic heterocycles. The van der Waals surface area contributed by atoms with Gasteiger partial charge in [-0.25, -0.2) is 12.7 Å². The molecule has 1 aromatic carbocycles. The Morgan fingerprint density at radius 3 is 2.43 bits per heavy atom. The van der Waals surface area contributed by atoms with Gasteiger partial charge in [0.1, 0.15) is 0 Å². The standard InChI is InChI=1S/C17H22BrN3O6S/c1-28(25,26)21-8-6-12(7-9-21)17(24)27-11-16(23)19-10-15(22)20-14-5-3-2-4-13(14)18/h2-5,12H,6-11H2,1H3,(H,19,23)(H,20,22). The summed E-state index contributed by atoms with van der Waals surface area (Å²) >= 11 is 3.30. The number of benzene rings is 1. The number of esters is 1. The molecule has 0 saturated carbocycles. The van der Waals surface area contributed by atoms with Gasteiger partial charge in [-0.15, -0.1) is 0 Å². The highest BCUT2D eigenvalue weighted by atomic mass is 79.9. The summed E-state index contributed by atoms with van der Waals surface area (Å²) in [5, 5.41) is 5.01. The van der Waals surface area contributed by atoms with E-state index in [0.717, 1.165) is 6.26 Å². The summed E-state index contributed by atoms with van der Waals surface area (Å²) < 4.78 is 29.9. The van der Waals surface area contributed by atoms with E-state index >= 15 is 0 Å². The molecule has 0 unspecified atom stereocenters. The number of nitrogens with zero attached hydrogens (tertiary/aromatic N) is 1. The molecular weight excluding hydrogens is 454 g/mol. The van der Waals surface area contributed by atoms with E-state index in [4.69, 9.17) is 4.74 Å². The Hall–Kier alpha value is -1.98. The van der Waals surface area contributed by atoms with Gasteiger partial charge in [-0.2, -0.15) is 0 Å². The third-order valence-corrected chi connectivity index (χ3v) is 6.19. The van der Waals surface area contributed by atoms with E-state index in [1.165, 1.54) is 4.31 Å². The number of halogens is 1. The van der Waals surface area contributed by atoms with Gasteiger partial charge in [0.15, 0.2) is 6.61 Å². The van der Waals surface area contributed by atoms with Crippen molar-refractivity contribution in [2.45, 2.75) is 12.8 Å². The second-order valence-corrected chi connectivity index (χ2v) is 9.19. The Morgan fingerprint density at radius 1 is 1.18 bits per heavy atom. The molecule has 11 heteroatoms. The molecule has 0 aliphatic carbocycles. The van der Waals surface area contributed by atoms with Crippen LogP contribution in [0, 0.1) is 5.92 Å². The van der Waals surface area contributed by atoms with Crippen molar-refractivity contribution >= 4 is 49.4 Å². The van der Waals surface area contributed by atoms with E-state index in [0.29, 0.717) is 23.0 Å². The molecule has 1 heterocycles. The third-order valence-electron chi connectivity index (χ3n) is 4.20. The summed E-state index contributed by atoms with van der Waals surface area (Å²) in [4.78, 5) is 35.7. The largest absolute Gasteiger partial charge is 0.455 e. The number of hydrogen-bond acceptors (Lipinski definition) is 6. The lowest BCUT2D eigenvalue weighted by molar-refractivity contribution is -0.153. The van der Waals surface area contributed by atoms with Crippen molar-refractivity contribution < 1.29 is 27.5 Å². The quantitative estimate of drug-likeness (QED) is 0.560. The molecule has 0 radical (unpaired) electrons. The molecule has 1 saturated heterocycles. The van der Waals surface area contributed by atoms with Crippen LogP contribution in [0.5, 0.6) is 0 Å². The minimum atomic E-state index is -3.27. The maximum Gasteiger partial charge on any atom is 0.309 e. The minimum Gasteiger partial charge on any atom is -0.455 e. The van der Waals surface area contributed by atoms with Crippen LogP contribution in [0.2, 0.25) is 0 Å². The van der Waals surface area contributed by atoms with Gasteiger partial charge < -0.3 is 15.4 Å². The van der Waals surface area contributed by atoms with Crippen molar-refractivity contribution in [1.82, 2.24) is 9.62 Å². The third kappa shape index (κ3) is 6.88. The first kappa shape index (κ1) is 22.3. The lowest BCUT2D eigenvalue weighted by Crippen LogP contribution is -2.41. The fraction of sp³-hybridized carbons (Fsp3) is 0.471. The van der Waals surface area contributed by atoms with Crippen LogP contribution >= 0.6 is 15.9 Å². The van der Waals surface area contributed by atoms with E-state index in [1.807, 2.05) is 0 Å².